The summed E-state index contributed by atoms with van der Waals surface area (Å²) in [7, 11) is 1.59. The molecule has 0 bridgehead atoms. The molecule has 0 aromatic carbocycles. The second kappa shape index (κ2) is 5.86. The molecule has 0 radical (unpaired) electrons. The summed E-state index contributed by atoms with van der Waals surface area (Å²) in [5.41, 5.74) is 5.90. The fourth-order valence-corrected chi connectivity index (χ4v) is 1.80. The zero-order chi connectivity index (χ0) is 12.1. The van der Waals surface area contributed by atoms with Crippen molar-refractivity contribution in [2.75, 3.05) is 26.1 Å². The molecule has 7 heteroatoms. The summed E-state index contributed by atoms with van der Waals surface area (Å²) in [4.78, 5) is 11.6. The number of ether oxygens (including phenoxy) is 2. The van der Waals surface area contributed by atoms with Crippen LogP contribution in [0.2, 0.25) is 0 Å². The SMILES string of the molecule is CCOC(=O)c1c(N)nn(CCOC)c1Br. The van der Waals surface area contributed by atoms with E-state index in [1.54, 1.807) is 18.7 Å². The van der Waals surface area contributed by atoms with E-state index in [0.29, 0.717) is 24.4 Å². The largest absolute Gasteiger partial charge is 0.462 e. The van der Waals surface area contributed by atoms with Crippen LogP contribution in [0.15, 0.2) is 4.60 Å². The topological polar surface area (TPSA) is 79.4 Å². The summed E-state index contributed by atoms with van der Waals surface area (Å²) in [6, 6.07) is 0. The molecular formula is C9H14BrN3O3. The lowest BCUT2D eigenvalue weighted by Gasteiger charge is -2.02. The van der Waals surface area contributed by atoms with Crippen LogP contribution in [0.1, 0.15) is 17.3 Å². The first-order valence-electron chi connectivity index (χ1n) is 4.79. The molecule has 16 heavy (non-hydrogen) atoms. The lowest BCUT2D eigenvalue weighted by molar-refractivity contribution is 0.0526. The Morgan fingerprint density at radius 1 is 1.62 bits per heavy atom. The molecule has 0 saturated carbocycles. The van der Waals surface area contributed by atoms with Gasteiger partial charge in [0.05, 0.1) is 19.8 Å². The number of nitrogens with two attached hydrogens (primary N) is 1. The average Bonchev–Trinajstić information content (AvgIpc) is 2.51. The standard InChI is InChI=1S/C9H14BrN3O3/c1-3-16-9(14)6-7(10)13(4-5-15-2)12-8(6)11/h3-5H2,1-2H3,(H2,11,12). The van der Waals surface area contributed by atoms with Crippen molar-refractivity contribution in [3.63, 3.8) is 0 Å². The van der Waals surface area contributed by atoms with Gasteiger partial charge in [0.15, 0.2) is 5.82 Å². The first kappa shape index (κ1) is 13.0. The van der Waals surface area contributed by atoms with Crippen LogP contribution in [-0.2, 0) is 16.0 Å². The molecule has 0 amide bonds. The predicted molar refractivity (Wildman–Crippen MR) is 62.2 cm³/mol. The van der Waals surface area contributed by atoms with E-state index in [-0.39, 0.29) is 11.4 Å². The maximum Gasteiger partial charge on any atom is 0.344 e. The summed E-state index contributed by atoms with van der Waals surface area (Å²) in [5, 5.41) is 4.02. The quantitative estimate of drug-likeness (QED) is 0.821. The van der Waals surface area contributed by atoms with Crippen molar-refractivity contribution in [1.29, 1.82) is 0 Å². The number of nitrogens with zero attached hydrogens (tertiary/aromatic N) is 2. The zero-order valence-corrected chi connectivity index (χ0v) is 10.8. The maximum atomic E-state index is 11.6. The maximum absolute atomic E-state index is 11.6. The molecule has 1 rings (SSSR count). The lowest BCUT2D eigenvalue weighted by Crippen LogP contribution is -2.08. The number of halogens is 1. The van der Waals surface area contributed by atoms with Crippen molar-refractivity contribution < 1.29 is 14.3 Å². The highest BCUT2D eigenvalue weighted by molar-refractivity contribution is 9.10. The van der Waals surface area contributed by atoms with E-state index in [0.717, 1.165) is 0 Å². The van der Waals surface area contributed by atoms with E-state index in [1.807, 2.05) is 0 Å². The Kier molecular flexibility index (Phi) is 4.75. The van der Waals surface area contributed by atoms with Gasteiger partial charge in [-0.25, -0.2) is 4.79 Å². The summed E-state index contributed by atoms with van der Waals surface area (Å²) < 4.78 is 11.9. The van der Waals surface area contributed by atoms with Gasteiger partial charge in [0.1, 0.15) is 10.2 Å². The van der Waals surface area contributed by atoms with Gasteiger partial charge in [-0.05, 0) is 22.9 Å². The van der Waals surface area contributed by atoms with Gasteiger partial charge in [0.25, 0.3) is 0 Å². The molecule has 0 unspecified atom stereocenters. The molecule has 0 aliphatic carbocycles. The number of hydrogen-bond acceptors (Lipinski definition) is 5. The molecule has 1 aromatic heterocycles. The van der Waals surface area contributed by atoms with Crippen LogP contribution >= 0.6 is 15.9 Å². The molecule has 90 valence electrons. The molecule has 0 saturated heterocycles. The molecule has 0 aliphatic rings. The first-order valence-corrected chi connectivity index (χ1v) is 5.59. The number of rotatable bonds is 5. The van der Waals surface area contributed by atoms with Crippen molar-refractivity contribution in [1.82, 2.24) is 9.78 Å². The zero-order valence-electron chi connectivity index (χ0n) is 9.20. The molecular weight excluding hydrogens is 278 g/mol. The first-order chi connectivity index (χ1) is 7.61. The van der Waals surface area contributed by atoms with E-state index in [1.165, 1.54) is 0 Å². The van der Waals surface area contributed by atoms with E-state index >= 15 is 0 Å². The summed E-state index contributed by atoms with van der Waals surface area (Å²) in [6.07, 6.45) is 0. The fourth-order valence-electron chi connectivity index (χ4n) is 1.18. The van der Waals surface area contributed by atoms with Gasteiger partial charge >= 0.3 is 5.97 Å². The molecule has 1 heterocycles. The van der Waals surface area contributed by atoms with E-state index in [2.05, 4.69) is 21.0 Å². The number of methoxy groups -OCH3 is 1. The summed E-state index contributed by atoms with van der Waals surface area (Å²) in [6.45, 7) is 3.04. The van der Waals surface area contributed by atoms with E-state index in [4.69, 9.17) is 15.2 Å². The van der Waals surface area contributed by atoms with E-state index in [9.17, 15) is 4.79 Å². The fraction of sp³-hybridized carbons (Fsp3) is 0.556. The van der Waals surface area contributed by atoms with Gasteiger partial charge in [-0.2, -0.15) is 5.10 Å². The highest BCUT2D eigenvalue weighted by Gasteiger charge is 2.21. The Morgan fingerprint density at radius 2 is 2.31 bits per heavy atom. The Morgan fingerprint density at radius 3 is 2.88 bits per heavy atom. The Labute approximate surface area is 102 Å². The van der Waals surface area contributed by atoms with Gasteiger partial charge in [-0.1, -0.05) is 0 Å². The minimum Gasteiger partial charge on any atom is -0.462 e. The van der Waals surface area contributed by atoms with Crippen LogP contribution in [0.4, 0.5) is 5.82 Å². The normalized spacial score (nSPS) is 10.4. The summed E-state index contributed by atoms with van der Waals surface area (Å²) in [5.74, 6) is -0.322. The van der Waals surface area contributed by atoms with Gasteiger partial charge in [-0.15, -0.1) is 0 Å². The van der Waals surface area contributed by atoms with Crippen molar-refractivity contribution >= 4 is 27.7 Å². The highest BCUT2D eigenvalue weighted by Crippen LogP contribution is 2.23. The monoisotopic (exact) mass is 291 g/mol. The van der Waals surface area contributed by atoms with Crippen molar-refractivity contribution in [2.45, 2.75) is 13.5 Å². The van der Waals surface area contributed by atoms with Gasteiger partial charge in [0, 0.05) is 7.11 Å². The second-order valence-electron chi connectivity index (χ2n) is 2.99. The number of carbonyl (C=O) groups is 1. The van der Waals surface area contributed by atoms with Gasteiger partial charge in [-0.3, -0.25) is 4.68 Å². The number of aromatic nitrogens is 2. The molecule has 0 atom stereocenters. The predicted octanol–water partition coefficient (Wildman–Crippen LogP) is 1.05. The van der Waals surface area contributed by atoms with Crippen LogP contribution in [-0.4, -0.2) is 36.1 Å². The molecule has 2 N–H and O–H groups in total. The Hall–Kier alpha value is -1.08. The number of carbonyl (C=O) groups excluding carboxylic acids is 1. The van der Waals surface area contributed by atoms with Gasteiger partial charge < -0.3 is 15.2 Å². The molecule has 0 spiro atoms. The third kappa shape index (κ3) is 2.73. The average molecular weight is 292 g/mol. The number of esters is 1. The molecule has 0 aliphatic heterocycles. The smallest absolute Gasteiger partial charge is 0.344 e. The minimum absolute atomic E-state index is 0.154. The van der Waals surface area contributed by atoms with Crippen LogP contribution in [0.3, 0.4) is 0 Å². The second-order valence-corrected chi connectivity index (χ2v) is 3.74. The molecule has 1 aromatic rings. The molecule has 6 nitrogen and oxygen atoms in total. The van der Waals surface area contributed by atoms with Crippen LogP contribution < -0.4 is 5.73 Å². The van der Waals surface area contributed by atoms with Crippen molar-refractivity contribution in [2.24, 2.45) is 0 Å². The van der Waals surface area contributed by atoms with Crippen molar-refractivity contribution in [3.8, 4) is 0 Å². The number of nitrogen functional groups attached to an aromatic ring is 1. The van der Waals surface area contributed by atoms with Crippen LogP contribution in [0.25, 0.3) is 0 Å². The van der Waals surface area contributed by atoms with Crippen molar-refractivity contribution in [3.05, 3.63) is 10.2 Å². The Bertz CT molecular complexity index is 378. The minimum atomic E-state index is -0.476. The number of hydrogen-bond donors (Lipinski definition) is 1. The van der Waals surface area contributed by atoms with Gasteiger partial charge in [0.2, 0.25) is 0 Å². The Balaban J connectivity index is 2.92. The summed E-state index contributed by atoms with van der Waals surface area (Å²) >= 11 is 3.27. The van der Waals surface area contributed by atoms with E-state index < -0.39 is 5.97 Å². The molecule has 0 fully saturated rings. The van der Waals surface area contributed by atoms with Crippen LogP contribution in [0, 0.1) is 0 Å². The third-order valence-corrected chi connectivity index (χ3v) is 2.71. The lowest BCUT2D eigenvalue weighted by atomic mass is 10.3. The number of anilines is 1. The highest BCUT2D eigenvalue weighted by atomic mass is 79.9. The third-order valence-electron chi connectivity index (χ3n) is 1.90. The van der Waals surface area contributed by atoms with Crippen LogP contribution in [0.5, 0.6) is 0 Å².